The fourth-order valence-corrected chi connectivity index (χ4v) is 3.74. The van der Waals surface area contributed by atoms with E-state index in [-0.39, 0.29) is 33.9 Å². The summed E-state index contributed by atoms with van der Waals surface area (Å²) in [6, 6.07) is 7.02. The van der Waals surface area contributed by atoms with E-state index in [1.807, 2.05) is 13.8 Å². The number of nitrogens with one attached hydrogen (secondary N) is 1. The molecule has 0 spiro atoms. The summed E-state index contributed by atoms with van der Waals surface area (Å²) >= 11 is 9.54. The van der Waals surface area contributed by atoms with E-state index in [1.54, 1.807) is 18.2 Å². The van der Waals surface area contributed by atoms with Crippen LogP contribution >= 0.6 is 27.5 Å². The van der Waals surface area contributed by atoms with Gasteiger partial charge in [-0.1, -0.05) is 17.7 Å². The Kier molecular flexibility index (Phi) is 7.10. The van der Waals surface area contributed by atoms with Crippen molar-refractivity contribution in [2.45, 2.75) is 20.0 Å². The molecule has 2 aromatic carbocycles. The highest BCUT2D eigenvalue weighted by Gasteiger charge is 2.38. The normalized spacial score (nSPS) is 15.3. The molecule has 1 aliphatic heterocycles. The number of benzene rings is 2. The lowest BCUT2D eigenvalue weighted by Crippen LogP contribution is -2.54. The maximum atomic E-state index is 13.2. The van der Waals surface area contributed by atoms with Crippen molar-refractivity contribution in [2.75, 3.05) is 19.1 Å². The van der Waals surface area contributed by atoms with Crippen LogP contribution in [0.4, 0.5) is 10.5 Å². The molecule has 0 aromatic heterocycles. The molecular weight excluding hydrogens is 504 g/mol. The van der Waals surface area contributed by atoms with E-state index < -0.39 is 17.8 Å². The van der Waals surface area contributed by atoms with Gasteiger partial charge in [0.25, 0.3) is 11.8 Å². The van der Waals surface area contributed by atoms with Gasteiger partial charge in [0.15, 0.2) is 0 Å². The molecule has 168 valence electrons. The predicted molar refractivity (Wildman–Crippen MR) is 123 cm³/mol. The minimum atomic E-state index is -0.915. The topological polar surface area (TPSA) is 94.2 Å². The Morgan fingerprint density at radius 3 is 2.31 bits per heavy atom. The SMILES string of the molecule is COc1cc(N2C(=O)NC(=O)/C(=C\c3ccc(OC(C)C)c(Br)c3)C2=O)c(OC)cc1Cl. The molecule has 8 nitrogen and oxygen atoms in total. The fraction of sp³-hybridized carbons (Fsp3) is 0.227. The second kappa shape index (κ2) is 9.62. The van der Waals surface area contributed by atoms with Crippen LogP contribution in [0, 0.1) is 0 Å². The zero-order chi connectivity index (χ0) is 23.6. The van der Waals surface area contributed by atoms with E-state index in [0.29, 0.717) is 15.8 Å². The number of carbonyl (C=O) groups excluding carboxylic acids is 3. The Balaban J connectivity index is 2.04. The summed E-state index contributed by atoms with van der Waals surface area (Å²) in [5, 5.41) is 2.41. The third-order valence-corrected chi connectivity index (χ3v) is 5.34. The fourth-order valence-electron chi connectivity index (χ4n) is 3.02. The van der Waals surface area contributed by atoms with E-state index >= 15 is 0 Å². The van der Waals surface area contributed by atoms with E-state index in [4.69, 9.17) is 25.8 Å². The molecule has 0 atom stereocenters. The van der Waals surface area contributed by atoms with Crippen molar-refractivity contribution in [3.8, 4) is 17.2 Å². The third-order valence-electron chi connectivity index (χ3n) is 4.43. The number of halogens is 2. The number of anilines is 1. The van der Waals surface area contributed by atoms with Gasteiger partial charge in [-0.05, 0) is 53.5 Å². The van der Waals surface area contributed by atoms with Crippen LogP contribution in [0.5, 0.6) is 17.2 Å². The largest absolute Gasteiger partial charge is 0.495 e. The molecular formula is C22H20BrClN2O6. The summed E-state index contributed by atoms with van der Waals surface area (Å²) in [6.07, 6.45) is 1.37. The molecule has 1 aliphatic rings. The third kappa shape index (κ3) is 4.73. The molecule has 0 radical (unpaired) electrons. The molecule has 32 heavy (non-hydrogen) atoms. The highest BCUT2D eigenvalue weighted by Crippen LogP contribution is 2.39. The molecule has 1 saturated heterocycles. The van der Waals surface area contributed by atoms with Gasteiger partial charge in [-0.3, -0.25) is 14.9 Å². The van der Waals surface area contributed by atoms with Crippen molar-refractivity contribution in [1.29, 1.82) is 0 Å². The monoisotopic (exact) mass is 522 g/mol. The molecule has 0 saturated carbocycles. The second-order valence-corrected chi connectivity index (χ2v) is 8.23. The first-order valence-electron chi connectivity index (χ1n) is 9.45. The summed E-state index contributed by atoms with van der Waals surface area (Å²) in [5.74, 6) is -0.618. The number of carbonyl (C=O) groups is 3. The minimum Gasteiger partial charge on any atom is -0.495 e. The van der Waals surface area contributed by atoms with Gasteiger partial charge in [-0.25, -0.2) is 9.69 Å². The smallest absolute Gasteiger partial charge is 0.336 e. The number of nitrogens with zero attached hydrogens (tertiary/aromatic N) is 1. The van der Waals surface area contributed by atoms with Gasteiger partial charge >= 0.3 is 6.03 Å². The lowest BCUT2D eigenvalue weighted by molar-refractivity contribution is -0.122. The number of ether oxygens (including phenoxy) is 3. The Labute approximate surface area is 198 Å². The van der Waals surface area contributed by atoms with E-state index in [1.165, 1.54) is 32.4 Å². The Bertz CT molecular complexity index is 1130. The van der Waals surface area contributed by atoms with E-state index in [0.717, 1.165) is 4.90 Å². The highest BCUT2D eigenvalue weighted by molar-refractivity contribution is 9.10. The zero-order valence-corrected chi connectivity index (χ0v) is 20.0. The van der Waals surface area contributed by atoms with E-state index in [2.05, 4.69) is 21.2 Å². The summed E-state index contributed by atoms with van der Waals surface area (Å²) in [4.78, 5) is 39.0. The van der Waals surface area contributed by atoms with Gasteiger partial charge < -0.3 is 14.2 Å². The summed E-state index contributed by atoms with van der Waals surface area (Å²) < 4.78 is 16.8. The number of methoxy groups -OCH3 is 2. The predicted octanol–water partition coefficient (Wildman–Crippen LogP) is 4.57. The molecule has 1 N–H and O–H groups in total. The molecule has 0 aliphatic carbocycles. The van der Waals surface area contributed by atoms with Gasteiger partial charge in [-0.15, -0.1) is 0 Å². The number of hydrogen-bond acceptors (Lipinski definition) is 6. The number of rotatable bonds is 6. The van der Waals surface area contributed by atoms with Crippen LogP contribution in [0.1, 0.15) is 19.4 Å². The van der Waals surface area contributed by atoms with Crippen molar-refractivity contribution in [2.24, 2.45) is 0 Å². The number of urea groups is 1. The van der Waals surface area contributed by atoms with Crippen LogP contribution in [0.15, 0.2) is 40.4 Å². The lowest BCUT2D eigenvalue weighted by Gasteiger charge is -2.28. The standard InChI is InChI=1S/C22H20BrClN2O6/c1-11(2)32-17-6-5-12(8-14(17)23)7-13-20(27)25-22(29)26(21(13)28)16-10-18(30-3)15(24)9-19(16)31-4/h5-11H,1-4H3,(H,25,27,29)/b13-7+. The second-order valence-electron chi connectivity index (χ2n) is 6.97. The highest BCUT2D eigenvalue weighted by atomic mass is 79.9. The number of imide groups is 2. The number of hydrogen-bond donors (Lipinski definition) is 1. The first-order chi connectivity index (χ1) is 15.2. The first-order valence-corrected chi connectivity index (χ1v) is 10.6. The van der Waals surface area contributed by atoms with Gasteiger partial charge in [0.2, 0.25) is 0 Å². The summed E-state index contributed by atoms with van der Waals surface area (Å²) in [5.41, 5.74) is 0.406. The van der Waals surface area contributed by atoms with Crippen LogP contribution in [-0.4, -0.2) is 38.2 Å². The van der Waals surface area contributed by atoms with E-state index in [9.17, 15) is 14.4 Å². The van der Waals surface area contributed by atoms with Crippen LogP contribution in [0.2, 0.25) is 5.02 Å². The lowest BCUT2D eigenvalue weighted by atomic mass is 10.1. The maximum Gasteiger partial charge on any atom is 0.336 e. The Morgan fingerprint density at radius 1 is 1.03 bits per heavy atom. The van der Waals surface area contributed by atoms with Crippen LogP contribution < -0.4 is 24.4 Å². The van der Waals surface area contributed by atoms with Crippen molar-refractivity contribution >= 4 is 57.1 Å². The molecule has 1 fully saturated rings. The zero-order valence-electron chi connectivity index (χ0n) is 17.7. The van der Waals surface area contributed by atoms with Crippen LogP contribution in [-0.2, 0) is 9.59 Å². The minimum absolute atomic E-state index is 0.0212. The average molecular weight is 524 g/mol. The van der Waals surface area contributed by atoms with Crippen molar-refractivity contribution in [3.05, 3.63) is 51.0 Å². The van der Waals surface area contributed by atoms with Crippen molar-refractivity contribution in [1.82, 2.24) is 5.32 Å². The summed E-state index contributed by atoms with van der Waals surface area (Å²) in [6.45, 7) is 3.80. The van der Waals surface area contributed by atoms with Gasteiger partial charge in [0.1, 0.15) is 22.8 Å². The molecule has 0 unspecified atom stereocenters. The van der Waals surface area contributed by atoms with Crippen molar-refractivity contribution < 1.29 is 28.6 Å². The molecule has 1 heterocycles. The van der Waals surface area contributed by atoms with Gasteiger partial charge in [-0.2, -0.15) is 0 Å². The van der Waals surface area contributed by atoms with Crippen molar-refractivity contribution in [3.63, 3.8) is 0 Å². The number of amides is 4. The van der Waals surface area contributed by atoms with Crippen LogP contribution in [0.3, 0.4) is 0 Å². The Hall–Kier alpha value is -3.04. The quantitative estimate of drug-likeness (QED) is 0.440. The number of barbiturate groups is 1. The van der Waals surface area contributed by atoms with Crippen LogP contribution in [0.25, 0.3) is 6.08 Å². The molecule has 4 amide bonds. The molecule has 3 rings (SSSR count). The molecule has 10 heteroatoms. The first kappa shape index (κ1) is 23.6. The van der Waals surface area contributed by atoms with Gasteiger partial charge in [0.05, 0.1) is 35.5 Å². The van der Waals surface area contributed by atoms with Gasteiger partial charge in [0, 0.05) is 12.1 Å². The average Bonchev–Trinajstić information content (AvgIpc) is 2.73. The summed E-state index contributed by atoms with van der Waals surface area (Å²) in [7, 11) is 2.77. The maximum absolute atomic E-state index is 13.2. The Morgan fingerprint density at radius 2 is 1.72 bits per heavy atom. The molecule has 0 bridgehead atoms. The molecule has 2 aromatic rings.